The third-order valence-corrected chi connectivity index (χ3v) is 4.43. The van der Waals surface area contributed by atoms with Gasteiger partial charge in [0.2, 0.25) is 10.0 Å². The molecule has 0 saturated carbocycles. The zero-order valence-electron chi connectivity index (χ0n) is 10.1. The molecule has 0 saturated heterocycles. The molecule has 0 amide bonds. The van der Waals surface area contributed by atoms with Gasteiger partial charge in [-0.25, -0.2) is 13.1 Å². The zero-order valence-corrected chi connectivity index (χ0v) is 10.9. The molecule has 0 radical (unpaired) electrons. The van der Waals surface area contributed by atoms with Crippen molar-refractivity contribution in [1.82, 2.24) is 9.88 Å². The Hall–Kier alpha value is -1.86. The van der Waals surface area contributed by atoms with Crippen molar-refractivity contribution in [2.24, 2.45) is 0 Å². The number of hydrogen-bond donors (Lipinski definition) is 2. The first-order valence-corrected chi connectivity index (χ1v) is 7.39. The Labute approximate surface area is 110 Å². The van der Waals surface area contributed by atoms with Gasteiger partial charge in [0, 0.05) is 18.3 Å². The molecule has 19 heavy (non-hydrogen) atoms. The molecule has 6 nitrogen and oxygen atoms in total. The van der Waals surface area contributed by atoms with Crippen LogP contribution < -0.4 is 10.0 Å². The average Bonchev–Trinajstić information content (AvgIpc) is 3.06. The maximum Gasteiger partial charge on any atom is 0.240 e. The normalized spacial score (nSPS) is 14.1. The van der Waals surface area contributed by atoms with Gasteiger partial charge >= 0.3 is 0 Å². The van der Waals surface area contributed by atoms with Crippen molar-refractivity contribution in [3.05, 3.63) is 41.8 Å². The predicted octanol–water partition coefficient (Wildman–Crippen LogP) is 1.12. The maximum atomic E-state index is 12.1. The fourth-order valence-corrected chi connectivity index (χ4v) is 3.04. The number of anilines is 1. The minimum Gasteiger partial charge on any atom is -0.384 e. The fraction of sp³-hybridized carbons (Fsp3) is 0.250. The number of hydrogen-bond acceptors (Lipinski definition) is 5. The van der Waals surface area contributed by atoms with E-state index in [1.165, 1.54) is 6.26 Å². The molecule has 0 bridgehead atoms. The van der Waals surface area contributed by atoms with Gasteiger partial charge in [-0.2, -0.15) is 0 Å². The van der Waals surface area contributed by atoms with Crippen LogP contribution >= 0.6 is 0 Å². The largest absolute Gasteiger partial charge is 0.384 e. The highest BCUT2D eigenvalue weighted by atomic mass is 32.2. The lowest BCUT2D eigenvalue weighted by Gasteiger charge is -2.07. The van der Waals surface area contributed by atoms with Crippen molar-refractivity contribution in [1.29, 1.82) is 0 Å². The van der Waals surface area contributed by atoms with Gasteiger partial charge in [0.05, 0.1) is 17.1 Å². The molecule has 0 fully saturated rings. The monoisotopic (exact) mass is 279 g/mol. The molecule has 0 spiro atoms. The van der Waals surface area contributed by atoms with Crippen molar-refractivity contribution in [3.63, 3.8) is 0 Å². The number of nitrogens with zero attached hydrogens (tertiary/aromatic N) is 1. The lowest BCUT2D eigenvalue weighted by molar-refractivity contribution is 0.411. The van der Waals surface area contributed by atoms with Gasteiger partial charge < -0.3 is 9.84 Å². The van der Waals surface area contributed by atoms with E-state index < -0.39 is 10.0 Å². The summed E-state index contributed by atoms with van der Waals surface area (Å²) in [5.74, 6) is 0. The molecule has 2 aromatic rings. The second kappa shape index (κ2) is 4.67. The van der Waals surface area contributed by atoms with Crippen LogP contribution in [0.3, 0.4) is 0 Å². The molecule has 3 rings (SSSR count). The number of rotatable bonds is 4. The Balaban J connectivity index is 1.80. The molecule has 7 heteroatoms. The molecule has 1 aromatic carbocycles. The van der Waals surface area contributed by atoms with E-state index in [0.29, 0.717) is 5.69 Å². The Morgan fingerprint density at radius 2 is 2.26 bits per heavy atom. The number of sulfonamides is 1. The number of nitrogens with one attached hydrogen (secondary N) is 2. The number of fused-ring (bicyclic) bond motifs is 1. The smallest absolute Gasteiger partial charge is 0.240 e. The quantitative estimate of drug-likeness (QED) is 0.876. The van der Waals surface area contributed by atoms with E-state index in [2.05, 4.69) is 19.7 Å². The average molecular weight is 279 g/mol. The second-order valence-electron chi connectivity index (χ2n) is 4.31. The molecule has 100 valence electrons. The molecule has 0 atom stereocenters. The van der Waals surface area contributed by atoms with Gasteiger partial charge in [0.25, 0.3) is 0 Å². The van der Waals surface area contributed by atoms with E-state index in [-0.39, 0.29) is 11.4 Å². The third-order valence-electron chi connectivity index (χ3n) is 3.04. The summed E-state index contributed by atoms with van der Waals surface area (Å²) >= 11 is 0. The molecule has 1 aliphatic rings. The highest BCUT2D eigenvalue weighted by molar-refractivity contribution is 7.89. The highest BCUT2D eigenvalue weighted by Gasteiger charge is 2.18. The first-order valence-electron chi connectivity index (χ1n) is 5.91. The molecular formula is C12H13N3O3S. The maximum absolute atomic E-state index is 12.1. The van der Waals surface area contributed by atoms with Crippen LogP contribution in [0.5, 0.6) is 0 Å². The van der Waals surface area contributed by atoms with Crippen LogP contribution in [0.25, 0.3) is 0 Å². The summed E-state index contributed by atoms with van der Waals surface area (Å²) in [4.78, 5) is 0.254. The van der Waals surface area contributed by atoms with E-state index in [1.807, 2.05) is 6.07 Å². The van der Waals surface area contributed by atoms with Crippen LogP contribution in [0.1, 0.15) is 11.3 Å². The van der Waals surface area contributed by atoms with Gasteiger partial charge in [-0.1, -0.05) is 11.2 Å². The summed E-state index contributed by atoms with van der Waals surface area (Å²) in [5, 5.41) is 6.82. The Bertz CT molecular complexity index is 680. The van der Waals surface area contributed by atoms with E-state index in [0.717, 1.165) is 24.2 Å². The topological polar surface area (TPSA) is 84.2 Å². The Morgan fingerprint density at radius 1 is 1.37 bits per heavy atom. The predicted molar refractivity (Wildman–Crippen MR) is 69.2 cm³/mol. The van der Waals surface area contributed by atoms with Gasteiger partial charge in [-0.15, -0.1) is 0 Å². The van der Waals surface area contributed by atoms with Crippen molar-refractivity contribution in [3.8, 4) is 0 Å². The second-order valence-corrected chi connectivity index (χ2v) is 6.08. The molecule has 1 aliphatic heterocycles. The summed E-state index contributed by atoms with van der Waals surface area (Å²) in [5.41, 5.74) is 2.59. The molecule has 1 aromatic heterocycles. The summed E-state index contributed by atoms with van der Waals surface area (Å²) in [6.45, 7) is 0.967. The number of benzene rings is 1. The molecule has 0 unspecified atom stereocenters. The lowest BCUT2D eigenvalue weighted by atomic mass is 10.2. The van der Waals surface area contributed by atoms with Crippen LogP contribution in [0, 0.1) is 0 Å². The van der Waals surface area contributed by atoms with Gasteiger partial charge in [-0.3, -0.25) is 0 Å². The summed E-state index contributed by atoms with van der Waals surface area (Å²) in [6, 6.07) is 6.75. The van der Waals surface area contributed by atoms with Crippen molar-refractivity contribution >= 4 is 15.7 Å². The first-order chi connectivity index (χ1) is 9.15. The van der Waals surface area contributed by atoms with Crippen LogP contribution in [-0.4, -0.2) is 20.1 Å². The van der Waals surface area contributed by atoms with E-state index in [4.69, 9.17) is 0 Å². The van der Waals surface area contributed by atoms with Gasteiger partial charge in [0.15, 0.2) is 0 Å². The summed E-state index contributed by atoms with van der Waals surface area (Å²) in [6.07, 6.45) is 2.34. The van der Waals surface area contributed by atoms with Crippen LogP contribution in [0.4, 0.5) is 5.69 Å². The van der Waals surface area contributed by atoms with E-state index in [1.54, 1.807) is 18.2 Å². The Kier molecular flexibility index (Phi) is 3.00. The SMILES string of the molecule is O=S(=O)(NCc1ccon1)c1ccc2c(c1)NCC2. The van der Waals surface area contributed by atoms with Crippen LogP contribution in [0.2, 0.25) is 0 Å². The Morgan fingerprint density at radius 3 is 3.05 bits per heavy atom. The zero-order chi connectivity index (χ0) is 13.3. The van der Waals surface area contributed by atoms with E-state index in [9.17, 15) is 8.42 Å². The van der Waals surface area contributed by atoms with Gasteiger partial charge in [0.1, 0.15) is 6.26 Å². The van der Waals surface area contributed by atoms with Crippen molar-refractivity contribution in [2.75, 3.05) is 11.9 Å². The van der Waals surface area contributed by atoms with Crippen LogP contribution in [-0.2, 0) is 23.0 Å². The molecule has 2 heterocycles. The van der Waals surface area contributed by atoms with Crippen molar-refractivity contribution in [2.45, 2.75) is 17.9 Å². The molecule has 0 aliphatic carbocycles. The highest BCUT2D eigenvalue weighted by Crippen LogP contribution is 2.25. The standard InChI is InChI=1S/C12H13N3O3S/c16-19(17,14-8-10-4-6-18-15-10)11-2-1-9-3-5-13-12(9)7-11/h1-2,4,6-7,13-14H,3,5,8H2. The summed E-state index contributed by atoms with van der Waals surface area (Å²) in [7, 11) is -3.53. The molecular weight excluding hydrogens is 266 g/mol. The fourth-order valence-electron chi connectivity index (χ4n) is 2.02. The van der Waals surface area contributed by atoms with Gasteiger partial charge in [-0.05, 0) is 24.1 Å². The summed E-state index contributed by atoms with van der Waals surface area (Å²) < 4.78 is 31.4. The third kappa shape index (κ3) is 2.47. The van der Waals surface area contributed by atoms with Crippen LogP contribution in [0.15, 0.2) is 39.9 Å². The minimum atomic E-state index is -3.53. The lowest BCUT2D eigenvalue weighted by Crippen LogP contribution is -2.23. The van der Waals surface area contributed by atoms with E-state index >= 15 is 0 Å². The minimum absolute atomic E-state index is 0.114. The van der Waals surface area contributed by atoms with Crippen molar-refractivity contribution < 1.29 is 12.9 Å². The molecule has 2 N–H and O–H groups in total. The first kappa shape index (κ1) is 12.2. The number of aromatic nitrogens is 1.